The van der Waals surface area contributed by atoms with Gasteiger partial charge in [0.15, 0.2) is 11.5 Å². The molecule has 0 unspecified atom stereocenters. The molecule has 2 amide bonds. The number of hydrogen-bond donors (Lipinski definition) is 2. The number of rotatable bonds is 8. The number of carbonyl (C=O) groups excluding carboxylic acids is 2. The summed E-state index contributed by atoms with van der Waals surface area (Å²) < 4.78 is 10.4. The Morgan fingerprint density at radius 1 is 0.828 bits per heavy atom. The fourth-order valence-electron chi connectivity index (χ4n) is 2.87. The third kappa shape index (κ3) is 5.42. The minimum Gasteiger partial charge on any atom is -0.493 e. The molecule has 0 aliphatic heterocycles. The standard InChI is InChI=1S/C22H22N2O4S/c1-27-19-11-10-16(12-20(19)28-2)23-21(25)13-29-14-22(26)24-18-9-5-7-15-6-3-4-8-17(15)18/h3-12H,13-14H2,1-2H3,(H,23,25)(H,24,26). The van der Waals surface area contributed by atoms with Crippen LogP contribution in [-0.2, 0) is 9.59 Å². The molecule has 0 radical (unpaired) electrons. The van der Waals surface area contributed by atoms with Crippen LogP contribution in [-0.4, -0.2) is 37.5 Å². The molecular formula is C22H22N2O4S. The summed E-state index contributed by atoms with van der Waals surface area (Å²) in [7, 11) is 3.09. The van der Waals surface area contributed by atoms with Gasteiger partial charge in [-0.2, -0.15) is 0 Å². The van der Waals surface area contributed by atoms with E-state index >= 15 is 0 Å². The summed E-state index contributed by atoms with van der Waals surface area (Å²) in [6.07, 6.45) is 0. The van der Waals surface area contributed by atoms with E-state index in [4.69, 9.17) is 9.47 Å². The Morgan fingerprint density at radius 3 is 2.28 bits per heavy atom. The van der Waals surface area contributed by atoms with Crippen molar-refractivity contribution in [3.8, 4) is 11.5 Å². The quantitative estimate of drug-likeness (QED) is 0.583. The first-order valence-electron chi connectivity index (χ1n) is 8.98. The van der Waals surface area contributed by atoms with Crippen LogP contribution >= 0.6 is 11.8 Å². The Hall–Kier alpha value is -3.19. The molecule has 3 rings (SSSR count). The van der Waals surface area contributed by atoms with Gasteiger partial charge in [-0.15, -0.1) is 11.8 Å². The summed E-state index contributed by atoms with van der Waals surface area (Å²) in [4.78, 5) is 24.4. The summed E-state index contributed by atoms with van der Waals surface area (Å²) in [6, 6.07) is 18.8. The number of hydrogen-bond acceptors (Lipinski definition) is 5. The van der Waals surface area contributed by atoms with Crippen molar-refractivity contribution in [1.82, 2.24) is 0 Å². The van der Waals surface area contributed by atoms with Gasteiger partial charge < -0.3 is 20.1 Å². The summed E-state index contributed by atoms with van der Waals surface area (Å²) >= 11 is 1.25. The molecule has 0 atom stereocenters. The Labute approximate surface area is 173 Å². The highest BCUT2D eigenvalue weighted by molar-refractivity contribution is 8.00. The summed E-state index contributed by atoms with van der Waals surface area (Å²) in [5, 5.41) is 7.75. The first kappa shape index (κ1) is 20.5. The number of ether oxygens (including phenoxy) is 2. The van der Waals surface area contributed by atoms with E-state index in [2.05, 4.69) is 10.6 Å². The molecule has 3 aromatic carbocycles. The lowest BCUT2D eigenvalue weighted by atomic mass is 10.1. The molecule has 0 spiro atoms. The first-order chi connectivity index (χ1) is 14.1. The Morgan fingerprint density at radius 2 is 1.52 bits per heavy atom. The molecule has 0 aliphatic carbocycles. The van der Waals surface area contributed by atoms with Crippen LogP contribution in [0.1, 0.15) is 0 Å². The van der Waals surface area contributed by atoms with Gasteiger partial charge in [0, 0.05) is 22.8 Å². The molecule has 150 valence electrons. The van der Waals surface area contributed by atoms with Gasteiger partial charge in [0.05, 0.1) is 25.7 Å². The van der Waals surface area contributed by atoms with Crippen molar-refractivity contribution < 1.29 is 19.1 Å². The summed E-state index contributed by atoms with van der Waals surface area (Å²) in [6.45, 7) is 0. The van der Waals surface area contributed by atoms with E-state index in [-0.39, 0.29) is 23.3 Å². The molecule has 0 fully saturated rings. The summed E-state index contributed by atoms with van der Waals surface area (Å²) in [5.74, 6) is 1.13. The van der Waals surface area contributed by atoms with Crippen LogP contribution in [0.3, 0.4) is 0 Å². The maximum atomic E-state index is 12.3. The molecule has 7 heteroatoms. The first-order valence-corrected chi connectivity index (χ1v) is 10.1. The van der Waals surface area contributed by atoms with Gasteiger partial charge in [-0.25, -0.2) is 0 Å². The topological polar surface area (TPSA) is 76.7 Å². The molecule has 29 heavy (non-hydrogen) atoms. The number of amides is 2. The lowest BCUT2D eigenvalue weighted by molar-refractivity contribution is -0.114. The van der Waals surface area contributed by atoms with Crippen molar-refractivity contribution in [2.45, 2.75) is 0 Å². The van der Waals surface area contributed by atoms with Crippen LogP contribution in [0.15, 0.2) is 60.7 Å². The molecule has 0 aliphatic rings. The third-order valence-electron chi connectivity index (χ3n) is 4.20. The van der Waals surface area contributed by atoms with E-state index < -0.39 is 0 Å². The number of anilines is 2. The molecule has 0 bridgehead atoms. The van der Waals surface area contributed by atoms with Crippen LogP contribution in [0.2, 0.25) is 0 Å². The van der Waals surface area contributed by atoms with Crippen molar-refractivity contribution >= 4 is 45.7 Å². The second kappa shape index (κ2) is 9.84. The minimum atomic E-state index is -0.194. The van der Waals surface area contributed by atoms with Gasteiger partial charge in [0.25, 0.3) is 0 Å². The molecule has 0 saturated carbocycles. The predicted octanol–water partition coefficient (Wildman–Crippen LogP) is 4.17. The Bertz CT molecular complexity index is 1020. The molecular weight excluding hydrogens is 388 g/mol. The zero-order valence-electron chi connectivity index (χ0n) is 16.2. The second-order valence-electron chi connectivity index (χ2n) is 6.19. The highest BCUT2D eigenvalue weighted by atomic mass is 32.2. The average Bonchev–Trinajstić information content (AvgIpc) is 2.74. The van der Waals surface area contributed by atoms with Crippen molar-refractivity contribution in [3.63, 3.8) is 0 Å². The van der Waals surface area contributed by atoms with Gasteiger partial charge >= 0.3 is 0 Å². The molecule has 0 heterocycles. The number of thioether (sulfide) groups is 1. The maximum Gasteiger partial charge on any atom is 0.234 e. The van der Waals surface area contributed by atoms with Crippen molar-refractivity contribution in [2.24, 2.45) is 0 Å². The van der Waals surface area contributed by atoms with E-state index in [1.165, 1.54) is 18.9 Å². The maximum absolute atomic E-state index is 12.3. The fourth-order valence-corrected chi connectivity index (χ4v) is 3.49. The van der Waals surface area contributed by atoms with Gasteiger partial charge in [-0.3, -0.25) is 9.59 Å². The summed E-state index contributed by atoms with van der Waals surface area (Å²) in [5.41, 5.74) is 1.37. The minimum absolute atomic E-state index is 0.148. The lowest BCUT2D eigenvalue weighted by Crippen LogP contribution is -2.18. The largest absolute Gasteiger partial charge is 0.493 e. The van der Waals surface area contributed by atoms with Gasteiger partial charge in [-0.05, 0) is 23.6 Å². The number of fused-ring (bicyclic) bond motifs is 1. The van der Waals surface area contributed by atoms with Crippen LogP contribution in [0.5, 0.6) is 11.5 Å². The van der Waals surface area contributed by atoms with E-state index in [0.717, 1.165) is 16.5 Å². The van der Waals surface area contributed by atoms with Crippen LogP contribution in [0.25, 0.3) is 10.8 Å². The van der Waals surface area contributed by atoms with Gasteiger partial charge in [-0.1, -0.05) is 36.4 Å². The number of carbonyl (C=O) groups is 2. The van der Waals surface area contributed by atoms with Gasteiger partial charge in [0.2, 0.25) is 11.8 Å². The Kier molecular flexibility index (Phi) is 6.97. The highest BCUT2D eigenvalue weighted by Crippen LogP contribution is 2.29. The van der Waals surface area contributed by atoms with Gasteiger partial charge in [0.1, 0.15) is 0 Å². The van der Waals surface area contributed by atoms with Crippen LogP contribution in [0.4, 0.5) is 11.4 Å². The van der Waals surface area contributed by atoms with E-state index in [1.807, 2.05) is 42.5 Å². The van der Waals surface area contributed by atoms with E-state index in [0.29, 0.717) is 17.2 Å². The third-order valence-corrected chi connectivity index (χ3v) is 5.13. The zero-order chi connectivity index (χ0) is 20.6. The molecule has 3 aromatic rings. The monoisotopic (exact) mass is 410 g/mol. The zero-order valence-corrected chi connectivity index (χ0v) is 17.0. The smallest absolute Gasteiger partial charge is 0.234 e. The molecule has 2 N–H and O–H groups in total. The van der Waals surface area contributed by atoms with Crippen molar-refractivity contribution in [1.29, 1.82) is 0 Å². The fraction of sp³-hybridized carbons (Fsp3) is 0.182. The van der Waals surface area contributed by atoms with Crippen molar-refractivity contribution in [2.75, 3.05) is 36.4 Å². The average molecular weight is 410 g/mol. The van der Waals surface area contributed by atoms with Crippen molar-refractivity contribution in [3.05, 3.63) is 60.7 Å². The SMILES string of the molecule is COc1ccc(NC(=O)CSCC(=O)Nc2cccc3ccccc23)cc1OC. The highest BCUT2D eigenvalue weighted by Gasteiger charge is 2.10. The number of methoxy groups -OCH3 is 2. The van der Waals surface area contributed by atoms with Crippen LogP contribution < -0.4 is 20.1 Å². The molecule has 0 aromatic heterocycles. The molecule has 0 saturated heterocycles. The lowest BCUT2D eigenvalue weighted by Gasteiger charge is -2.11. The van der Waals surface area contributed by atoms with E-state index in [1.54, 1.807) is 25.3 Å². The normalized spacial score (nSPS) is 10.4. The van der Waals surface area contributed by atoms with E-state index in [9.17, 15) is 9.59 Å². The molecule has 6 nitrogen and oxygen atoms in total. The predicted molar refractivity (Wildman–Crippen MR) is 118 cm³/mol. The number of benzene rings is 3. The van der Waals surface area contributed by atoms with Crippen LogP contribution in [0, 0.1) is 0 Å². The number of nitrogens with one attached hydrogen (secondary N) is 2. The Balaban J connectivity index is 1.49. The second-order valence-corrected chi connectivity index (χ2v) is 7.17.